The molecule has 7 nitrogen and oxygen atoms in total. The highest BCUT2D eigenvalue weighted by Crippen LogP contribution is 2.21. The van der Waals surface area contributed by atoms with Crippen LogP contribution in [0.15, 0.2) is 30.3 Å². The van der Waals surface area contributed by atoms with Gasteiger partial charge in [0.05, 0.1) is 12.2 Å². The second-order valence-corrected chi connectivity index (χ2v) is 6.05. The number of carbonyl (C=O) groups excluding carboxylic acids is 1. The number of nitrogens with zero attached hydrogens (tertiary/aromatic N) is 3. The van der Waals surface area contributed by atoms with E-state index in [2.05, 4.69) is 10.4 Å². The Balaban J connectivity index is 1.76. The van der Waals surface area contributed by atoms with Crippen LogP contribution in [0.2, 0.25) is 0 Å². The van der Waals surface area contributed by atoms with Crippen LogP contribution in [0, 0.1) is 12.7 Å². The summed E-state index contributed by atoms with van der Waals surface area (Å²) in [6.07, 6.45) is 1.28. The van der Waals surface area contributed by atoms with Crippen molar-refractivity contribution < 1.29 is 19.1 Å². The van der Waals surface area contributed by atoms with Gasteiger partial charge in [-0.25, -0.2) is 9.07 Å². The standard InChI is InChI=1S/C17H19FN4O3/c1-11-9-15(22(20-11)13-6-3-2-5-12(13)18)19-16(23)10-21-8-4-7-14(21)17(24)25/h2-3,5-6,9,14H,4,7-8,10H2,1H3,(H,19,23)(H,24,25)/t14-/m1/s1. The molecule has 0 radical (unpaired) electrons. The van der Waals surface area contributed by atoms with Gasteiger partial charge in [-0.3, -0.25) is 14.5 Å². The van der Waals surface area contributed by atoms with E-state index in [1.54, 1.807) is 36.1 Å². The maximum Gasteiger partial charge on any atom is 0.320 e. The molecule has 2 aromatic rings. The van der Waals surface area contributed by atoms with Crippen LogP contribution in [-0.2, 0) is 9.59 Å². The van der Waals surface area contributed by atoms with Crippen molar-refractivity contribution in [2.75, 3.05) is 18.4 Å². The van der Waals surface area contributed by atoms with Crippen LogP contribution in [-0.4, -0.2) is 50.8 Å². The third kappa shape index (κ3) is 3.69. The smallest absolute Gasteiger partial charge is 0.320 e. The minimum Gasteiger partial charge on any atom is -0.480 e. The molecule has 25 heavy (non-hydrogen) atoms. The summed E-state index contributed by atoms with van der Waals surface area (Å²) in [7, 11) is 0. The summed E-state index contributed by atoms with van der Waals surface area (Å²) in [6.45, 7) is 2.28. The number of aryl methyl sites for hydroxylation is 1. The van der Waals surface area contributed by atoms with E-state index < -0.39 is 17.8 Å². The maximum absolute atomic E-state index is 14.0. The van der Waals surface area contributed by atoms with E-state index in [4.69, 9.17) is 0 Å². The lowest BCUT2D eigenvalue weighted by Crippen LogP contribution is -2.41. The van der Waals surface area contributed by atoms with Crippen molar-refractivity contribution >= 4 is 17.7 Å². The van der Waals surface area contributed by atoms with Crippen molar-refractivity contribution in [2.24, 2.45) is 0 Å². The average Bonchev–Trinajstić information content (AvgIpc) is 3.14. The number of para-hydroxylation sites is 1. The van der Waals surface area contributed by atoms with Crippen LogP contribution in [0.4, 0.5) is 10.2 Å². The molecular formula is C17H19FN4O3. The number of likely N-dealkylation sites (tertiary alicyclic amines) is 1. The molecule has 1 aromatic heterocycles. The van der Waals surface area contributed by atoms with Gasteiger partial charge in [0.15, 0.2) is 0 Å². The lowest BCUT2D eigenvalue weighted by atomic mass is 10.2. The van der Waals surface area contributed by atoms with E-state index in [-0.39, 0.29) is 18.1 Å². The highest BCUT2D eigenvalue weighted by molar-refractivity contribution is 5.92. The van der Waals surface area contributed by atoms with Gasteiger partial charge in [-0.05, 0) is 38.4 Å². The van der Waals surface area contributed by atoms with Crippen molar-refractivity contribution in [3.8, 4) is 5.69 Å². The number of anilines is 1. The van der Waals surface area contributed by atoms with Gasteiger partial charge < -0.3 is 10.4 Å². The Morgan fingerprint density at radius 1 is 1.40 bits per heavy atom. The van der Waals surface area contributed by atoms with Gasteiger partial charge in [0, 0.05) is 6.07 Å². The molecule has 1 aliphatic rings. The Kier molecular flexibility index (Phi) is 4.80. The molecule has 1 atom stereocenters. The summed E-state index contributed by atoms with van der Waals surface area (Å²) < 4.78 is 15.4. The fourth-order valence-corrected chi connectivity index (χ4v) is 3.06. The Morgan fingerprint density at radius 2 is 2.16 bits per heavy atom. The largest absolute Gasteiger partial charge is 0.480 e. The first-order chi connectivity index (χ1) is 12.0. The number of benzene rings is 1. The van der Waals surface area contributed by atoms with Crippen LogP contribution in [0.1, 0.15) is 18.5 Å². The zero-order valence-corrected chi connectivity index (χ0v) is 13.8. The number of rotatable bonds is 5. The molecule has 1 fully saturated rings. The molecule has 1 aromatic carbocycles. The predicted molar refractivity (Wildman–Crippen MR) is 89.1 cm³/mol. The van der Waals surface area contributed by atoms with E-state index in [1.807, 2.05) is 0 Å². The molecule has 0 spiro atoms. The Morgan fingerprint density at radius 3 is 2.88 bits per heavy atom. The van der Waals surface area contributed by atoms with E-state index in [9.17, 15) is 19.1 Å². The number of hydrogen-bond acceptors (Lipinski definition) is 4. The number of hydrogen-bond donors (Lipinski definition) is 2. The second-order valence-electron chi connectivity index (χ2n) is 6.05. The van der Waals surface area contributed by atoms with Gasteiger partial charge in [0.2, 0.25) is 5.91 Å². The summed E-state index contributed by atoms with van der Waals surface area (Å²) in [5.74, 6) is -1.38. The first-order valence-electron chi connectivity index (χ1n) is 8.04. The highest BCUT2D eigenvalue weighted by atomic mass is 19.1. The Bertz CT molecular complexity index is 805. The molecule has 8 heteroatoms. The van der Waals surface area contributed by atoms with Crippen LogP contribution in [0.3, 0.4) is 0 Å². The Labute approximate surface area is 144 Å². The molecule has 1 saturated heterocycles. The zero-order valence-electron chi connectivity index (χ0n) is 13.8. The third-order valence-corrected chi connectivity index (χ3v) is 4.18. The molecule has 0 aliphatic carbocycles. The minimum atomic E-state index is -0.919. The van der Waals surface area contributed by atoms with E-state index in [1.165, 1.54) is 10.7 Å². The number of carboxylic acid groups (broad SMARTS) is 1. The number of halogens is 1. The van der Waals surface area contributed by atoms with Gasteiger partial charge in [-0.1, -0.05) is 12.1 Å². The molecule has 1 amide bonds. The zero-order chi connectivity index (χ0) is 18.0. The summed E-state index contributed by atoms with van der Waals surface area (Å²) in [5, 5.41) is 16.1. The van der Waals surface area contributed by atoms with Crippen LogP contribution in [0.5, 0.6) is 0 Å². The summed E-state index contributed by atoms with van der Waals surface area (Å²) in [5.41, 5.74) is 0.860. The fraction of sp³-hybridized carbons (Fsp3) is 0.353. The van der Waals surface area contributed by atoms with Crippen molar-refractivity contribution in [1.82, 2.24) is 14.7 Å². The first kappa shape index (κ1) is 17.1. The number of carboxylic acids is 1. The number of nitrogens with one attached hydrogen (secondary N) is 1. The van der Waals surface area contributed by atoms with Crippen molar-refractivity contribution in [2.45, 2.75) is 25.8 Å². The molecule has 2 N–H and O–H groups in total. The number of aliphatic carboxylic acids is 1. The molecule has 0 unspecified atom stereocenters. The summed E-state index contributed by atoms with van der Waals surface area (Å²) in [6, 6.07) is 7.15. The monoisotopic (exact) mass is 346 g/mol. The molecule has 0 bridgehead atoms. The van der Waals surface area contributed by atoms with E-state index >= 15 is 0 Å². The lowest BCUT2D eigenvalue weighted by Gasteiger charge is -2.20. The summed E-state index contributed by atoms with van der Waals surface area (Å²) >= 11 is 0. The molecule has 0 saturated carbocycles. The van der Waals surface area contributed by atoms with E-state index in [0.29, 0.717) is 24.5 Å². The maximum atomic E-state index is 14.0. The SMILES string of the molecule is Cc1cc(NC(=O)CN2CCC[C@@H]2C(=O)O)n(-c2ccccc2F)n1. The molecule has 3 rings (SSSR count). The molecular weight excluding hydrogens is 327 g/mol. The third-order valence-electron chi connectivity index (χ3n) is 4.18. The summed E-state index contributed by atoms with van der Waals surface area (Å²) in [4.78, 5) is 25.2. The van der Waals surface area contributed by atoms with Gasteiger partial charge >= 0.3 is 5.97 Å². The van der Waals surface area contributed by atoms with Crippen LogP contribution < -0.4 is 5.32 Å². The van der Waals surface area contributed by atoms with E-state index in [0.717, 1.165) is 6.42 Å². The van der Waals surface area contributed by atoms with Crippen molar-refractivity contribution in [1.29, 1.82) is 0 Å². The normalized spacial score (nSPS) is 17.6. The van der Waals surface area contributed by atoms with Gasteiger partial charge in [0.25, 0.3) is 0 Å². The first-order valence-corrected chi connectivity index (χ1v) is 8.04. The van der Waals surface area contributed by atoms with Gasteiger partial charge in [-0.2, -0.15) is 5.10 Å². The predicted octanol–water partition coefficient (Wildman–Crippen LogP) is 1.81. The number of amides is 1. The second kappa shape index (κ2) is 7.02. The van der Waals surface area contributed by atoms with Crippen LogP contribution in [0.25, 0.3) is 5.69 Å². The average molecular weight is 346 g/mol. The van der Waals surface area contributed by atoms with Crippen LogP contribution >= 0.6 is 0 Å². The Hall–Kier alpha value is -2.74. The quantitative estimate of drug-likeness (QED) is 0.862. The fourth-order valence-electron chi connectivity index (χ4n) is 3.06. The lowest BCUT2D eigenvalue weighted by molar-refractivity contribution is -0.142. The number of carbonyl (C=O) groups is 2. The van der Waals surface area contributed by atoms with Crippen molar-refractivity contribution in [3.05, 3.63) is 41.8 Å². The minimum absolute atomic E-state index is 0.0293. The van der Waals surface area contributed by atoms with Gasteiger partial charge in [0.1, 0.15) is 23.4 Å². The molecule has 1 aliphatic heterocycles. The molecule has 2 heterocycles. The van der Waals surface area contributed by atoms with Gasteiger partial charge in [-0.15, -0.1) is 0 Å². The molecule has 132 valence electrons. The van der Waals surface area contributed by atoms with Crippen molar-refractivity contribution in [3.63, 3.8) is 0 Å². The number of aromatic nitrogens is 2. The highest BCUT2D eigenvalue weighted by Gasteiger charge is 2.31. The topological polar surface area (TPSA) is 87.5 Å².